The highest BCUT2D eigenvalue weighted by Gasteiger charge is 2.22. The number of nitrogens with one attached hydrogen (secondary N) is 1. The Labute approximate surface area is 174 Å². The first-order valence-corrected chi connectivity index (χ1v) is 10.7. The molecule has 1 aliphatic heterocycles. The van der Waals surface area contributed by atoms with Crippen molar-refractivity contribution in [1.82, 2.24) is 19.7 Å². The molecule has 1 fully saturated rings. The number of methoxy groups -OCH3 is 1. The summed E-state index contributed by atoms with van der Waals surface area (Å²) < 4.78 is 38.6. The summed E-state index contributed by atoms with van der Waals surface area (Å²) in [6.07, 6.45) is 0. The van der Waals surface area contributed by atoms with E-state index in [1.807, 2.05) is 19.0 Å². The Morgan fingerprint density at radius 2 is 1.97 bits per heavy atom. The zero-order chi connectivity index (χ0) is 21.0. The maximum absolute atomic E-state index is 12.8. The summed E-state index contributed by atoms with van der Waals surface area (Å²) in [4.78, 5) is 16.9. The van der Waals surface area contributed by atoms with Crippen LogP contribution in [0.2, 0.25) is 5.02 Å². The first-order valence-electron chi connectivity index (χ1n) is 8.88. The van der Waals surface area contributed by atoms with Crippen LogP contribution in [0.3, 0.4) is 0 Å². The van der Waals surface area contributed by atoms with E-state index in [2.05, 4.69) is 19.7 Å². The van der Waals surface area contributed by atoms with E-state index in [9.17, 15) is 8.42 Å². The number of nitrogens with zero attached hydrogens (tertiary/aromatic N) is 5. The number of rotatable bonds is 7. The van der Waals surface area contributed by atoms with Gasteiger partial charge in [0.2, 0.25) is 21.9 Å². The van der Waals surface area contributed by atoms with Crippen molar-refractivity contribution in [3.05, 3.63) is 29.0 Å². The van der Waals surface area contributed by atoms with Crippen LogP contribution in [-0.4, -0.2) is 70.9 Å². The zero-order valence-corrected chi connectivity index (χ0v) is 18.0. The predicted octanol–water partition coefficient (Wildman–Crippen LogP) is 0.915. The Bertz CT molecular complexity index is 966. The van der Waals surface area contributed by atoms with Gasteiger partial charge in [-0.15, -0.1) is 0 Å². The minimum absolute atomic E-state index is 0.0530. The van der Waals surface area contributed by atoms with Gasteiger partial charge in [-0.1, -0.05) is 11.6 Å². The van der Waals surface area contributed by atoms with Gasteiger partial charge in [0.1, 0.15) is 10.6 Å². The quantitative estimate of drug-likeness (QED) is 0.668. The van der Waals surface area contributed by atoms with Crippen LogP contribution in [0, 0.1) is 0 Å². The van der Waals surface area contributed by atoms with Crippen LogP contribution in [0.4, 0.5) is 11.9 Å². The highest BCUT2D eigenvalue weighted by atomic mass is 35.5. The molecular weight excluding hydrogens is 420 g/mol. The van der Waals surface area contributed by atoms with Gasteiger partial charge in [-0.25, -0.2) is 13.1 Å². The van der Waals surface area contributed by atoms with Crippen molar-refractivity contribution in [2.24, 2.45) is 0 Å². The Morgan fingerprint density at radius 1 is 1.24 bits per heavy atom. The normalized spacial score (nSPS) is 14.7. The van der Waals surface area contributed by atoms with Crippen molar-refractivity contribution in [2.75, 3.05) is 57.3 Å². The van der Waals surface area contributed by atoms with E-state index in [1.165, 1.54) is 19.2 Å². The summed E-state index contributed by atoms with van der Waals surface area (Å²) in [7, 11) is 1.11. The molecular formula is C17H23ClN6O4S. The van der Waals surface area contributed by atoms with Crippen molar-refractivity contribution in [2.45, 2.75) is 11.4 Å². The molecule has 0 spiro atoms. The van der Waals surface area contributed by atoms with Gasteiger partial charge in [0.25, 0.3) is 0 Å². The van der Waals surface area contributed by atoms with Crippen LogP contribution in [0.1, 0.15) is 5.82 Å². The summed E-state index contributed by atoms with van der Waals surface area (Å²) >= 11 is 5.96. The molecule has 3 rings (SSSR count). The fraction of sp³-hybridized carbons (Fsp3) is 0.471. The Morgan fingerprint density at radius 3 is 2.62 bits per heavy atom. The fourth-order valence-corrected chi connectivity index (χ4v) is 4.09. The molecule has 1 saturated heterocycles. The second-order valence-electron chi connectivity index (χ2n) is 6.47. The number of hydrogen-bond donors (Lipinski definition) is 1. The highest BCUT2D eigenvalue weighted by molar-refractivity contribution is 7.89. The van der Waals surface area contributed by atoms with Gasteiger partial charge in [-0.2, -0.15) is 15.0 Å². The van der Waals surface area contributed by atoms with E-state index < -0.39 is 10.0 Å². The number of morpholine rings is 1. The monoisotopic (exact) mass is 442 g/mol. The molecule has 29 heavy (non-hydrogen) atoms. The minimum Gasteiger partial charge on any atom is -0.495 e. The maximum Gasteiger partial charge on any atom is 0.244 e. The van der Waals surface area contributed by atoms with Gasteiger partial charge in [0.05, 0.1) is 26.9 Å². The van der Waals surface area contributed by atoms with Crippen molar-refractivity contribution in [3.8, 4) is 5.75 Å². The third-order valence-electron chi connectivity index (χ3n) is 4.19. The summed E-state index contributed by atoms with van der Waals surface area (Å²) in [5.74, 6) is 1.42. The molecule has 0 atom stereocenters. The van der Waals surface area contributed by atoms with Gasteiger partial charge >= 0.3 is 0 Å². The Kier molecular flexibility index (Phi) is 6.73. The lowest BCUT2D eigenvalue weighted by molar-refractivity contribution is 0.122. The largest absolute Gasteiger partial charge is 0.495 e. The molecule has 12 heteroatoms. The highest BCUT2D eigenvalue weighted by Crippen LogP contribution is 2.27. The van der Waals surface area contributed by atoms with Crippen LogP contribution < -0.4 is 19.3 Å². The number of benzene rings is 1. The van der Waals surface area contributed by atoms with Gasteiger partial charge in [-0.05, 0) is 18.2 Å². The summed E-state index contributed by atoms with van der Waals surface area (Å²) in [6, 6.07) is 4.39. The number of aromatic nitrogens is 3. The molecule has 1 aromatic carbocycles. The second kappa shape index (κ2) is 9.08. The first-order chi connectivity index (χ1) is 13.8. The fourth-order valence-electron chi connectivity index (χ4n) is 2.68. The van der Waals surface area contributed by atoms with E-state index in [-0.39, 0.29) is 22.2 Å². The van der Waals surface area contributed by atoms with E-state index in [0.717, 1.165) is 0 Å². The molecule has 0 radical (unpaired) electrons. The average molecular weight is 443 g/mol. The molecule has 1 aliphatic rings. The molecule has 0 saturated carbocycles. The topological polar surface area (TPSA) is 110 Å². The Balaban J connectivity index is 1.85. The second-order valence-corrected chi connectivity index (χ2v) is 8.64. The molecule has 1 N–H and O–H groups in total. The van der Waals surface area contributed by atoms with Crippen LogP contribution >= 0.6 is 11.6 Å². The van der Waals surface area contributed by atoms with Crippen molar-refractivity contribution >= 4 is 33.5 Å². The molecule has 1 aromatic heterocycles. The van der Waals surface area contributed by atoms with Crippen LogP contribution in [0.25, 0.3) is 0 Å². The van der Waals surface area contributed by atoms with Crippen molar-refractivity contribution in [3.63, 3.8) is 0 Å². The van der Waals surface area contributed by atoms with Gasteiger partial charge in [-0.3, -0.25) is 0 Å². The summed E-state index contributed by atoms with van der Waals surface area (Å²) in [5, 5.41) is 0.288. The molecule has 0 unspecified atom stereocenters. The summed E-state index contributed by atoms with van der Waals surface area (Å²) in [5.41, 5.74) is 0. The van der Waals surface area contributed by atoms with Crippen LogP contribution in [0.5, 0.6) is 5.75 Å². The minimum atomic E-state index is -3.90. The molecule has 2 aromatic rings. The molecule has 0 aliphatic carbocycles. The first kappa shape index (κ1) is 21.5. The SMILES string of the molecule is COc1ccc(Cl)cc1S(=O)(=O)NCc1nc(N(C)C)nc(N2CCOCC2)n1. The van der Waals surface area contributed by atoms with E-state index in [4.69, 9.17) is 21.1 Å². The standard InChI is InChI=1S/C17H23ClN6O4S/c1-23(2)16-20-15(21-17(22-16)24-6-8-28-9-7-24)11-19-29(25,26)14-10-12(18)4-5-13(14)27-3/h4-5,10,19H,6-9,11H2,1-3H3. The predicted molar refractivity (Wildman–Crippen MR) is 109 cm³/mol. The number of sulfonamides is 1. The lowest BCUT2D eigenvalue weighted by atomic mass is 10.3. The van der Waals surface area contributed by atoms with E-state index in [1.54, 1.807) is 11.0 Å². The van der Waals surface area contributed by atoms with Gasteiger partial charge < -0.3 is 19.3 Å². The molecule has 0 amide bonds. The van der Waals surface area contributed by atoms with Crippen LogP contribution in [0.15, 0.2) is 23.1 Å². The smallest absolute Gasteiger partial charge is 0.244 e. The maximum atomic E-state index is 12.8. The van der Waals surface area contributed by atoms with E-state index >= 15 is 0 Å². The molecule has 0 bridgehead atoms. The van der Waals surface area contributed by atoms with Gasteiger partial charge in [0, 0.05) is 32.2 Å². The number of anilines is 2. The lowest BCUT2D eigenvalue weighted by Gasteiger charge is -2.27. The van der Waals surface area contributed by atoms with Crippen LogP contribution in [-0.2, 0) is 21.3 Å². The number of halogens is 1. The zero-order valence-electron chi connectivity index (χ0n) is 16.4. The number of hydrogen-bond acceptors (Lipinski definition) is 9. The van der Waals surface area contributed by atoms with Crippen molar-refractivity contribution in [1.29, 1.82) is 0 Å². The summed E-state index contributed by atoms with van der Waals surface area (Å²) in [6.45, 7) is 2.36. The molecule has 2 heterocycles. The van der Waals surface area contributed by atoms with Crippen molar-refractivity contribution < 1.29 is 17.9 Å². The average Bonchev–Trinajstić information content (AvgIpc) is 2.72. The molecule has 10 nitrogen and oxygen atoms in total. The number of ether oxygens (including phenoxy) is 2. The third-order valence-corrected chi connectivity index (χ3v) is 5.85. The lowest BCUT2D eigenvalue weighted by Crippen LogP contribution is -2.38. The van der Waals surface area contributed by atoms with Gasteiger partial charge in [0.15, 0.2) is 5.82 Å². The van der Waals surface area contributed by atoms with E-state index in [0.29, 0.717) is 44.0 Å². The Hall–Kier alpha value is -2.21. The molecule has 158 valence electrons. The third kappa shape index (κ3) is 5.24.